The van der Waals surface area contributed by atoms with Crippen LogP contribution in [0.25, 0.3) is 0 Å². The van der Waals surface area contributed by atoms with Crippen LogP contribution in [0.15, 0.2) is 18.2 Å². The first-order chi connectivity index (χ1) is 17.0. The molecule has 0 saturated carbocycles. The van der Waals surface area contributed by atoms with Crippen molar-refractivity contribution >= 4 is 17.7 Å². The first-order valence-electron chi connectivity index (χ1n) is 12.8. The Morgan fingerprint density at radius 1 is 0.914 bits per heavy atom. The number of piperidine rings is 1. The van der Waals surface area contributed by atoms with Crippen molar-refractivity contribution in [1.82, 2.24) is 19.6 Å². The number of likely N-dealkylation sites (tertiary alicyclic amines) is 2. The average Bonchev–Trinajstić information content (AvgIpc) is 3.28. The first kappa shape index (κ1) is 25.3. The van der Waals surface area contributed by atoms with E-state index in [1.807, 2.05) is 28.0 Å². The molecule has 9 heteroatoms. The van der Waals surface area contributed by atoms with Crippen LogP contribution in [0.1, 0.15) is 31.2 Å². The topological polar surface area (TPSA) is 82.6 Å². The number of carbonyl (C=O) groups excluding carboxylic acids is 3. The molecule has 3 aliphatic heterocycles. The third-order valence-corrected chi connectivity index (χ3v) is 7.43. The van der Waals surface area contributed by atoms with Gasteiger partial charge in [-0.2, -0.15) is 0 Å². The minimum absolute atomic E-state index is 0.0367. The van der Waals surface area contributed by atoms with E-state index in [4.69, 9.17) is 9.47 Å². The van der Waals surface area contributed by atoms with Crippen molar-refractivity contribution in [2.24, 2.45) is 5.92 Å². The lowest BCUT2D eigenvalue weighted by Gasteiger charge is -2.37. The molecule has 0 bridgehead atoms. The van der Waals surface area contributed by atoms with Crippen LogP contribution in [0.3, 0.4) is 0 Å². The summed E-state index contributed by atoms with van der Waals surface area (Å²) < 4.78 is 10.6. The van der Waals surface area contributed by atoms with Gasteiger partial charge in [0.2, 0.25) is 17.7 Å². The Morgan fingerprint density at radius 3 is 2.31 bits per heavy atom. The minimum Gasteiger partial charge on any atom is -0.493 e. The lowest BCUT2D eigenvalue weighted by molar-refractivity contribution is -0.138. The largest absolute Gasteiger partial charge is 0.493 e. The van der Waals surface area contributed by atoms with E-state index in [0.717, 1.165) is 31.5 Å². The molecule has 1 atom stereocenters. The van der Waals surface area contributed by atoms with Crippen LogP contribution in [0.4, 0.5) is 0 Å². The van der Waals surface area contributed by atoms with E-state index < -0.39 is 0 Å². The monoisotopic (exact) mass is 486 g/mol. The van der Waals surface area contributed by atoms with Crippen molar-refractivity contribution in [3.05, 3.63) is 23.8 Å². The Bertz CT molecular complexity index is 909. The van der Waals surface area contributed by atoms with Crippen LogP contribution in [0, 0.1) is 5.92 Å². The van der Waals surface area contributed by atoms with Crippen LogP contribution in [0.5, 0.6) is 11.5 Å². The van der Waals surface area contributed by atoms with Crippen LogP contribution in [-0.2, 0) is 20.8 Å². The summed E-state index contributed by atoms with van der Waals surface area (Å²) >= 11 is 0. The summed E-state index contributed by atoms with van der Waals surface area (Å²) in [6.07, 6.45) is 4.37. The molecule has 3 aliphatic rings. The number of rotatable bonds is 8. The third-order valence-electron chi connectivity index (χ3n) is 7.43. The van der Waals surface area contributed by atoms with E-state index in [9.17, 15) is 14.4 Å². The van der Waals surface area contributed by atoms with Gasteiger partial charge in [-0.05, 0) is 43.4 Å². The zero-order valence-electron chi connectivity index (χ0n) is 21.0. The van der Waals surface area contributed by atoms with Crippen LogP contribution in [-0.4, -0.2) is 110 Å². The highest BCUT2D eigenvalue weighted by atomic mass is 16.5. The van der Waals surface area contributed by atoms with Crippen LogP contribution >= 0.6 is 0 Å². The number of nitrogens with zero attached hydrogens (tertiary/aromatic N) is 4. The van der Waals surface area contributed by atoms with Gasteiger partial charge < -0.3 is 24.2 Å². The fraction of sp³-hybridized carbons (Fsp3) is 0.654. The summed E-state index contributed by atoms with van der Waals surface area (Å²) in [6.45, 7) is 5.86. The summed E-state index contributed by atoms with van der Waals surface area (Å²) in [6, 6.07) is 5.77. The van der Waals surface area contributed by atoms with Gasteiger partial charge in [0.15, 0.2) is 11.5 Å². The number of hydrogen-bond acceptors (Lipinski definition) is 6. The molecule has 192 valence electrons. The lowest BCUT2D eigenvalue weighted by atomic mass is 10.1. The molecule has 3 fully saturated rings. The van der Waals surface area contributed by atoms with Gasteiger partial charge in [0.05, 0.1) is 26.7 Å². The first-order valence-corrected chi connectivity index (χ1v) is 12.8. The van der Waals surface area contributed by atoms with Crippen molar-refractivity contribution < 1.29 is 23.9 Å². The molecule has 0 aliphatic carbocycles. The Balaban J connectivity index is 1.22. The normalized spacial score (nSPS) is 21.4. The maximum absolute atomic E-state index is 13.1. The second-order valence-corrected chi connectivity index (χ2v) is 9.72. The standard InChI is InChI=1S/C26H38N4O5/c1-34-22-7-6-20(16-23(22)35-2)8-11-30-18-21(17-24(30)31)26(33)29-14-12-27(13-15-29)19-25(32)28-9-4-3-5-10-28/h6-7,16,21H,3-5,8-15,17-19H2,1-2H3. The Morgan fingerprint density at radius 2 is 1.63 bits per heavy atom. The van der Waals surface area contributed by atoms with Crippen molar-refractivity contribution in [2.45, 2.75) is 32.1 Å². The highest BCUT2D eigenvalue weighted by molar-refractivity contribution is 5.89. The van der Waals surface area contributed by atoms with Crippen molar-refractivity contribution in [3.8, 4) is 11.5 Å². The smallest absolute Gasteiger partial charge is 0.236 e. The number of hydrogen-bond donors (Lipinski definition) is 0. The molecule has 0 spiro atoms. The fourth-order valence-corrected chi connectivity index (χ4v) is 5.27. The average molecular weight is 487 g/mol. The van der Waals surface area contributed by atoms with Gasteiger partial charge in [0, 0.05) is 58.8 Å². The molecule has 3 heterocycles. The maximum atomic E-state index is 13.1. The Labute approximate surface area is 207 Å². The second kappa shape index (κ2) is 11.7. The summed E-state index contributed by atoms with van der Waals surface area (Å²) in [5.41, 5.74) is 1.06. The number of ether oxygens (including phenoxy) is 2. The van der Waals surface area contributed by atoms with Crippen molar-refractivity contribution in [1.29, 1.82) is 0 Å². The molecule has 3 amide bonds. The summed E-state index contributed by atoms with van der Waals surface area (Å²) in [5.74, 6) is 1.37. The molecule has 35 heavy (non-hydrogen) atoms. The van der Waals surface area contributed by atoms with E-state index in [-0.39, 0.29) is 30.1 Å². The molecule has 1 aromatic rings. The zero-order chi connectivity index (χ0) is 24.8. The van der Waals surface area contributed by atoms with E-state index >= 15 is 0 Å². The SMILES string of the molecule is COc1ccc(CCN2CC(C(=O)N3CCN(CC(=O)N4CCCCC4)CC3)CC2=O)cc1OC. The van der Waals surface area contributed by atoms with Gasteiger partial charge in [-0.15, -0.1) is 0 Å². The molecule has 1 aromatic carbocycles. The van der Waals surface area contributed by atoms with E-state index in [0.29, 0.717) is 63.7 Å². The highest BCUT2D eigenvalue weighted by Crippen LogP contribution is 2.28. The number of benzene rings is 1. The Hall–Kier alpha value is -2.81. The van der Waals surface area contributed by atoms with Crippen molar-refractivity contribution in [3.63, 3.8) is 0 Å². The summed E-state index contributed by atoms with van der Waals surface area (Å²) in [4.78, 5) is 46.1. The number of amides is 3. The number of carbonyl (C=O) groups is 3. The highest BCUT2D eigenvalue weighted by Gasteiger charge is 2.37. The maximum Gasteiger partial charge on any atom is 0.236 e. The predicted molar refractivity (Wildman–Crippen MR) is 131 cm³/mol. The minimum atomic E-state index is -0.283. The van der Waals surface area contributed by atoms with Gasteiger partial charge in [0.25, 0.3) is 0 Å². The van der Waals surface area contributed by atoms with Gasteiger partial charge in [-0.3, -0.25) is 19.3 Å². The van der Waals surface area contributed by atoms with Crippen molar-refractivity contribution in [2.75, 3.05) is 73.1 Å². The molecular weight excluding hydrogens is 448 g/mol. The molecular formula is C26H38N4O5. The lowest BCUT2D eigenvalue weighted by Crippen LogP contribution is -2.53. The van der Waals surface area contributed by atoms with E-state index in [1.54, 1.807) is 19.1 Å². The fourth-order valence-electron chi connectivity index (χ4n) is 5.27. The molecule has 0 N–H and O–H groups in total. The number of methoxy groups -OCH3 is 2. The molecule has 9 nitrogen and oxygen atoms in total. The predicted octanol–water partition coefficient (Wildman–Crippen LogP) is 1.25. The van der Waals surface area contributed by atoms with Crippen LogP contribution in [0.2, 0.25) is 0 Å². The second-order valence-electron chi connectivity index (χ2n) is 9.72. The van der Waals surface area contributed by atoms with Gasteiger partial charge in [-0.25, -0.2) is 0 Å². The molecule has 3 saturated heterocycles. The zero-order valence-corrected chi connectivity index (χ0v) is 21.0. The van der Waals surface area contributed by atoms with Gasteiger partial charge >= 0.3 is 0 Å². The summed E-state index contributed by atoms with van der Waals surface area (Å²) in [7, 11) is 3.21. The van der Waals surface area contributed by atoms with Crippen LogP contribution < -0.4 is 9.47 Å². The molecule has 0 aromatic heterocycles. The molecule has 1 unspecified atom stereocenters. The quantitative estimate of drug-likeness (QED) is 0.550. The van der Waals surface area contributed by atoms with E-state index in [1.165, 1.54) is 6.42 Å². The third kappa shape index (κ3) is 6.25. The molecule has 0 radical (unpaired) electrons. The van der Waals surface area contributed by atoms with Gasteiger partial charge in [-0.1, -0.05) is 6.07 Å². The number of piperazine rings is 1. The van der Waals surface area contributed by atoms with E-state index in [2.05, 4.69) is 4.90 Å². The Kier molecular flexibility index (Phi) is 8.49. The molecule has 4 rings (SSSR count). The van der Waals surface area contributed by atoms with Gasteiger partial charge in [0.1, 0.15) is 0 Å². The summed E-state index contributed by atoms with van der Waals surface area (Å²) in [5, 5.41) is 0.